The van der Waals surface area contributed by atoms with Crippen molar-refractivity contribution in [3.8, 4) is 11.3 Å². The summed E-state index contributed by atoms with van der Waals surface area (Å²) in [6.45, 7) is 0. The zero-order valence-corrected chi connectivity index (χ0v) is 6.15. The summed E-state index contributed by atoms with van der Waals surface area (Å²) in [6, 6.07) is 6.64. The van der Waals surface area contributed by atoms with Gasteiger partial charge in [0.05, 0.1) is 11.8 Å². The van der Waals surface area contributed by atoms with Crippen LogP contribution in [0.3, 0.4) is 0 Å². The first-order valence-corrected chi connectivity index (χ1v) is 3.48. The maximum Gasteiger partial charge on any atom is 0.335 e. The fourth-order valence-electron chi connectivity index (χ4n) is 1.12. The Balaban J connectivity index is 2.63. The molecule has 0 spiro atoms. The highest BCUT2D eigenvalue weighted by Crippen LogP contribution is 2.25. The second-order valence-electron chi connectivity index (χ2n) is 2.48. The summed E-state index contributed by atoms with van der Waals surface area (Å²) in [5.74, 6) is -0.323. The van der Waals surface area contributed by atoms with Gasteiger partial charge in [-0.2, -0.15) is 0 Å². The van der Waals surface area contributed by atoms with Gasteiger partial charge in [0.2, 0.25) is 0 Å². The third-order valence-electron chi connectivity index (χ3n) is 1.68. The predicted molar refractivity (Wildman–Crippen MR) is 42.3 cm³/mol. The summed E-state index contributed by atoms with van der Waals surface area (Å²) in [7, 11) is 0. The van der Waals surface area contributed by atoms with Crippen LogP contribution in [-0.2, 0) is 0 Å². The van der Waals surface area contributed by atoms with Crippen molar-refractivity contribution in [2.45, 2.75) is 0 Å². The number of fused-ring (bicyclic) bond motifs is 1. The van der Waals surface area contributed by atoms with Gasteiger partial charge in [0.15, 0.2) is 0 Å². The van der Waals surface area contributed by atoms with Gasteiger partial charge in [-0.3, -0.25) is 0 Å². The lowest BCUT2D eigenvalue weighted by Crippen LogP contribution is -1.91. The van der Waals surface area contributed by atoms with Crippen LogP contribution in [-0.4, -0.2) is 11.1 Å². The van der Waals surface area contributed by atoms with Crippen LogP contribution >= 0.6 is 0 Å². The molecule has 0 amide bonds. The molecule has 2 aliphatic rings. The normalized spacial score (nSPS) is 10.3. The molecular formula is C9H6O3. The first-order valence-electron chi connectivity index (χ1n) is 3.48. The van der Waals surface area contributed by atoms with Crippen LogP contribution in [0.4, 0.5) is 0 Å². The maximum atomic E-state index is 10.5. The average Bonchev–Trinajstić information content (AvgIpc) is 2.46. The van der Waals surface area contributed by atoms with Gasteiger partial charge in [0.1, 0.15) is 5.76 Å². The Labute approximate surface area is 68.6 Å². The van der Waals surface area contributed by atoms with E-state index in [1.165, 1.54) is 12.3 Å². The van der Waals surface area contributed by atoms with Gasteiger partial charge in [0.25, 0.3) is 0 Å². The number of carboxylic acid groups (broad SMARTS) is 1. The number of rotatable bonds is 1. The predicted octanol–water partition coefficient (Wildman–Crippen LogP) is 2.08. The van der Waals surface area contributed by atoms with Crippen LogP contribution in [0.25, 0.3) is 11.3 Å². The standard InChI is InChI=1S/C9H6O3/c10-9(11)7-4-6-2-1-3-12-8(6)5-7/h1-5H,(H,10,11). The van der Waals surface area contributed by atoms with Crippen LogP contribution < -0.4 is 0 Å². The molecule has 0 bridgehead atoms. The minimum absolute atomic E-state index is 0.264. The molecule has 0 fully saturated rings. The van der Waals surface area contributed by atoms with Crippen molar-refractivity contribution in [3.05, 3.63) is 36.1 Å². The van der Waals surface area contributed by atoms with Crippen molar-refractivity contribution in [2.24, 2.45) is 0 Å². The Hall–Kier alpha value is -1.77. The molecule has 1 aliphatic carbocycles. The van der Waals surface area contributed by atoms with Gasteiger partial charge in [0, 0.05) is 5.56 Å². The molecule has 3 heteroatoms. The van der Waals surface area contributed by atoms with Crippen molar-refractivity contribution >= 4 is 5.97 Å². The quantitative estimate of drug-likeness (QED) is 0.698. The fourth-order valence-corrected chi connectivity index (χ4v) is 1.12. The summed E-state index contributed by atoms with van der Waals surface area (Å²) in [6.07, 6.45) is 1.52. The molecule has 0 saturated heterocycles. The monoisotopic (exact) mass is 162 g/mol. The molecule has 0 aromatic heterocycles. The van der Waals surface area contributed by atoms with Gasteiger partial charge < -0.3 is 9.52 Å². The minimum atomic E-state index is -0.929. The largest absolute Gasteiger partial charge is 0.478 e. The highest BCUT2D eigenvalue weighted by molar-refractivity contribution is 5.91. The van der Waals surface area contributed by atoms with E-state index >= 15 is 0 Å². The summed E-state index contributed by atoms with van der Waals surface area (Å²) in [5, 5.41) is 8.64. The minimum Gasteiger partial charge on any atom is -0.478 e. The van der Waals surface area contributed by atoms with E-state index in [-0.39, 0.29) is 5.56 Å². The summed E-state index contributed by atoms with van der Waals surface area (Å²) < 4.78 is 5.08. The van der Waals surface area contributed by atoms with E-state index in [0.29, 0.717) is 5.76 Å². The smallest absolute Gasteiger partial charge is 0.335 e. The fraction of sp³-hybridized carbons (Fsp3) is 0. The van der Waals surface area contributed by atoms with E-state index in [0.717, 1.165) is 5.56 Å². The van der Waals surface area contributed by atoms with Gasteiger partial charge in [-0.05, 0) is 24.3 Å². The molecule has 1 N–H and O–H groups in total. The lowest BCUT2D eigenvalue weighted by molar-refractivity contribution is 0.0697. The van der Waals surface area contributed by atoms with E-state index in [9.17, 15) is 4.79 Å². The highest BCUT2D eigenvalue weighted by atomic mass is 16.4. The Morgan fingerprint density at radius 1 is 1.42 bits per heavy atom. The first-order chi connectivity index (χ1) is 5.77. The van der Waals surface area contributed by atoms with Crippen LogP contribution in [0.2, 0.25) is 0 Å². The second-order valence-corrected chi connectivity index (χ2v) is 2.48. The molecule has 0 aromatic carbocycles. The van der Waals surface area contributed by atoms with E-state index in [2.05, 4.69) is 0 Å². The topological polar surface area (TPSA) is 50.4 Å². The molecule has 1 aliphatic heterocycles. The van der Waals surface area contributed by atoms with E-state index in [4.69, 9.17) is 9.52 Å². The molecular weight excluding hydrogens is 156 g/mol. The van der Waals surface area contributed by atoms with Crippen LogP contribution in [0.15, 0.2) is 34.9 Å². The number of carboxylic acids is 1. The molecule has 12 heavy (non-hydrogen) atoms. The Morgan fingerprint density at radius 3 is 2.92 bits per heavy atom. The molecule has 60 valence electrons. The summed E-state index contributed by atoms with van der Waals surface area (Å²) in [5.41, 5.74) is 1.08. The molecule has 0 saturated carbocycles. The van der Waals surface area contributed by atoms with Gasteiger partial charge in [-0.25, -0.2) is 4.79 Å². The Kier molecular flexibility index (Phi) is 1.37. The van der Waals surface area contributed by atoms with Crippen LogP contribution in [0.5, 0.6) is 0 Å². The van der Waals surface area contributed by atoms with Gasteiger partial charge in [-0.15, -0.1) is 0 Å². The Morgan fingerprint density at radius 2 is 2.25 bits per heavy atom. The first kappa shape index (κ1) is 6.91. The van der Waals surface area contributed by atoms with Crippen molar-refractivity contribution in [1.29, 1.82) is 0 Å². The second kappa shape index (κ2) is 2.37. The summed E-state index contributed by atoms with van der Waals surface area (Å²) in [4.78, 5) is 10.5. The number of hydrogen-bond acceptors (Lipinski definition) is 2. The van der Waals surface area contributed by atoms with Gasteiger partial charge >= 0.3 is 5.97 Å². The van der Waals surface area contributed by atoms with Gasteiger partial charge in [-0.1, -0.05) is 0 Å². The molecule has 0 radical (unpaired) electrons. The van der Waals surface area contributed by atoms with Crippen LogP contribution in [0, 0.1) is 0 Å². The highest BCUT2D eigenvalue weighted by Gasteiger charge is 2.11. The SMILES string of the molecule is O=C(O)c1cc2cccoc-2c1. The lowest BCUT2D eigenvalue weighted by atomic mass is 10.3. The maximum absolute atomic E-state index is 10.5. The van der Waals surface area contributed by atoms with Crippen molar-refractivity contribution in [2.75, 3.05) is 0 Å². The molecule has 3 nitrogen and oxygen atoms in total. The third-order valence-corrected chi connectivity index (χ3v) is 1.68. The zero-order chi connectivity index (χ0) is 8.55. The number of carbonyl (C=O) groups is 1. The zero-order valence-electron chi connectivity index (χ0n) is 6.15. The molecule has 0 atom stereocenters. The molecule has 1 heterocycles. The third kappa shape index (κ3) is 0.955. The average molecular weight is 162 g/mol. The van der Waals surface area contributed by atoms with Crippen LogP contribution in [0.1, 0.15) is 10.4 Å². The number of aromatic carboxylic acids is 1. The summed E-state index contributed by atoms with van der Waals surface area (Å²) >= 11 is 0. The molecule has 2 rings (SSSR count). The number of hydrogen-bond donors (Lipinski definition) is 1. The molecule has 0 unspecified atom stereocenters. The van der Waals surface area contributed by atoms with Crippen molar-refractivity contribution in [1.82, 2.24) is 0 Å². The van der Waals surface area contributed by atoms with E-state index in [1.54, 1.807) is 12.1 Å². The Bertz CT molecular complexity index is 359. The lowest BCUT2D eigenvalue weighted by Gasteiger charge is -1.91. The molecule has 0 aromatic rings. The van der Waals surface area contributed by atoms with E-state index in [1.807, 2.05) is 6.07 Å². The van der Waals surface area contributed by atoms with Crippen molar-refractivity contribution in [3.63, 3.8) is 0 Å². The van der Waals surface area contributed by atoms with Crippen molar-refractivity contribution < 1.29 is 14.3 Å². The van der Waals surface area contributed by atoms with E-state index < -0.39 is 5.97 Å².